The number of hydrogen-bond acceptors (Lipinski definition) is 2. The summed E-state index contributed by atoms with van der Waals surface area (Å²) in [4.78, 5) is 1.50. The fourth-order valence-electron chi connectivity index (χ4n) is 2.96. The molecule has 1 aliphatic heterocycles. The van der Waals surface area contributed by atoms with Gasteiger partial charge in [0.25, 0.3) is 0 Å². The van der Waals surface area contributed by atoms with E-state index in [1.807, 2.05) is 0 Å². The van der Waals surface area contributed by atoms with Crippen LogP contribution in [-0.4, -0.2) is 17.3 Å². The minimum atomic E-state index is 0.495. The van der Waals surface area contributed by atoms with Gasteiger partial charge in [-0.15, -0.1) is 11.8 Å². The van der Waals surface area contributed by atoms with Crippen LogP contribution in [0.5, 0.6) is 0 Å². The molecule has 17 heavy (non-hydrogen) atoms. The first-order valence-electron chi connectivity index (χ1n) is 6.81. The second-order valence-electron chi connectivity index (χ2n) is 5.42. The largest absolute Gasteiger partial charge is 0.310 e. The lowest BCUT2D eigenvalue weighted by molar-refractivity contribution is 0.178. The van der Waals surface area contributed by atoms with Crippen molar-refractivity contribution in [2.75, 3.05) is 6.54 Å². The lowest BCUT2D eigenvalue weighted by Gasteiger charge is -2.43. The van der Waals surface area contributed by atoms with E-state index >= 15 is 0 Å². The van der Waals surface area contributed by atoms with Gasteiger partial charge >= 0.3 is 0 Å². The molecule has 0 radical (unpaired) electrons. The van der Waals surface area contributed by atoms with Crippen molar-refractivity contribution < 1.29 is 0 Å². The van der Waals surface area contributed by atoms with E-state index in [9.17, 15) is 0 Å². The van der Waals surface area contributed by atoms with E-state index in [1.54, 1.807) is 5.56 Å². The van der Waals surface area contributed by atoms with Crippen LogP contribution in [-0.2, 0) is 6.42 Å². The van der Waals surface area contributed by atoms with Gasteiger partial charge < -0.3 is 5.32 Å². The van der Waals surface area contributed by atoms with Crippen LogP contribution in [0.15, 0.2) is 29.2 Å². The highest BCUT2D eigenvalue weighted by Gasteiger charge is 2.35. The van der Waals surface area contributed by atoms with E-state index in [0.29, 0.717) is 5.54 Å². The van der Waals surface area contributed by atoms with Gasteiger partial charge in [0, 0.05) is 22.2 Å². The van der Waals surface area contributed by atoms with Crippen molar-refractivity contribution in [3.05, 3.63) is 29.8 Å². The summed E-state index contributed by atoms with van der Waals surface area (Å²) < 4.78 is 0. The fourth-order valence-corrected chi connectivity index (χ4v) is 4.21. The molecule has 0 aromatic heterocycles. The second-order valence-corrected chi connectivity index (χ2v) is 6.76. The summed E-state index contributed by atoms with van der Waals surface area (Å²) in [6.45, 7) is 3.50. The Morgan fingerprint density at radius 2 is 2.18 bits per heavy atom. The van der Waals surface area contributed by atoms with Crippen molar-refractivity contribution in [3.8, 4) is 0 Å². The molecule has 1 unspecified atom stereocenters. The molecule has 1 saturated carbocycles. The predicted octanol–water partition coefficient (Wildman–Crippen LogP) is 3.63. The molecule has 3 rings (SSSR count). The summed E-state index contributed by atoms with van der Waals surface area (Å²) in [6.07, 6.45) is 6.71. The molecule has 1 aromatic rings. The van der Waals surface area contributed by atoms with Crippen LogP contribution >= 0.6 is 11.8 Å². The smallest absolute Gasteiger partial charge is 0.0260 e. The normalized spacial score (nSPS) is 25.4. The zero-order valence-corrected chi connectivity index (χ0v) is 11.4. The molecule has 1 fully saturated rings. The Labute approximate surface area is 108 Å². The Bertz CT molecular complexity index is 367. The lowest BCUT2D eigenvalue weighted by atomic mass is 9.75. The quantitative estimate of drug-likeness (QED) is 0.872. The zero-order chi connectivity index (χ0) is 11.7. The van der Waals surface area contributed by atoms with E-state index in [0.717, 1.165) is 5.25 Å². The molecule has 1 atom stereocenters. The molecule has 0 saturated heterocycles. The SMILES string of the molecule is CCC1(NCC2Cc3ccccc3S2)CCC1. The van der Waals surface area contributed by atoms with Gasteiger partial charge in [-0.3, -0.25) is 0 Å². The van der Waals surface area contributed by atoms with Crippen molar-refractivity contribution >= 4 is 11.8 Å². The summed E-state index contributed by atoms with van der Waals surface area (Å²) in [5.74, 6) is 0. The van der Waals surface area contributed by atoms with Crippen molar-refractivity contribution in [1.29, 1.82) is 0 Å². The first-order valence-corrected chi connectivity index (χ1v) is 7.69. The third-order valence-electron chi connectivity index (χ3n) is 4.41. The number of fused-ring (bicyclic) bond motifs is 1. The highest BCUT2D eigenvalue weighted by Crippen LogP contribution is 2.38. The van der Waals surface area contributed by atoms with Crippen LogP contribution < -0.4 is 5.32 Å². The van der Waals surface area contributed by atoms with Gasteiger partial charge in [-0.1, -0.05) is 25.1 Å². The molecule has 2 aliphatic rings. The molecule has 2 heteroatoms. The molecule has 1 heterocycles. The minimum Gasteiger partial charge on any atom is -0.310 e. The molecule has 1 nitrogen and oxygen atoms in total. The fraction of sp³-hybridized carbons (Fsp3) is 0.600. The monoisotopic (exact) mass is 247 g/mol. The highest BCUT2D eigenvalue weighted by atomic mass is 32.2. The Balaban J connectivity index is 1.55. The highest BCUT2D eigenvalue weighted by molar-refractivity contribution is 8.00. The standard InChI is InChI=1S/C15H21NS/c1-2-15(8-5-9-15)16-11-13-10-12-6-3-4-7-14(12)17-13/h3-4,6-7,13,16H,2,5,8-11H2,1H3. The maximum Gasteiger partial charge on any atom is 0.0260 e. The van der Waals surface area contributed by atoms with Crippen LogP contribution in [0.25, 0.3) is 0 Å². The molecule has 92 valence electrons. The minimum absolute atomic E-state index is 0.495. The van der Waals surface area contributed by atoms with Crippen LogP contribution in [0.3, 0.4) is 0 Å². The van der Waals surface area contributed by atoms with Gasteiger partial charge in [0.05, 0.1) is 0 Å². The van der Waals surface area contributed by atoms with Crippen molar-refractivity contribution in [3.63, 3.8) is 0 Å². The molecule has 0 amide bonds. The van der Waals surface area contributed by atoms with E-state index in [1.165, 1.54) is 43.5 Å². The second kappa shape index (κ2) is 4.66. The average Bonchev–Trinajstić information content (AvgIpc) is 2.71. The third-order valence-corrected chi connectivity index (χ3v) is 5.72. The summed E-state index contributed by atoms with van der Waals surface area (Å²) in [6, 6.07) is 8.86. The maximum atomic E-state index is 3.84. The molecule has 0 bridgehead atoms. The van der Waals surface area contributed by atoms with Crippen LogP contribution in [0.1, 0.15) is 38.2 Å². The Morgan fingerprint density at radius 1 is 1.35 bits per heavy atom. The number of hydrogen-bond donors (Lipinski definition) is 1. The van der Waals surface area contributed by atoms with Gasteiger partial charge in [-0.05, 0) is 43.7 Å². The summed E-state index contributed by atoms with van der Waals surface area (Å²) >= 11 is 2.06. The molecule has 0 spiro atoms. The average molecular weight is 247 g/mol. The molecule has 1 aromatic carbocycles. The maximum absolute atomic E-state index is 3.84. The van der Waals surface area contributed by atoms with E-state index < -0.39 is 0 Å². The number of nitrogens with one attached hydrogen (secondary N) is 1. The first kappa shape index (κ1) is 11.6. The van der Waals surface area contributed by atoms with Gasteiger partial charge in [-0.2, -0.15) is 0 Å². The Kier molecular flexibility index (Phi) is 3.18. The number of rotatable bonds is 4. The summed E-state index contributed by atoms with van der Waals surface area (Å²) in [5.41, 5.74) is 2.04. The molecular weight excluding hydrogens is 226 g/mol. The lowest BCUT2D eigenvalue weighted by Crippen LogP contribution is -2.52. The zero-order valence-electron chi connectivity index (χ0n) is 10.5. The van der Waals surface area contributed by atoms with Gasteiger partial charge in [0.2, 0.25) is 0 Å². The summed E-state index contributed by atoms with van der Waals surface area (Å²) in [5, 5.41) is 4.58. The Morgan fingerprint density at radius 3 is 2.82 bits per heavy atom. The van der Waals surface area contributed by atoms with E-state index in [-0.39, 0.29) is 0 Å². The van der Waals surface area contributed by atoms with Crippen LogP contribution in [0.4, 0.5) is 0 Å². The molecule has 1 N–H and O–H groups in total. The predicted molar refractivity (Wildman–Crippen MR) is 74.7 cm³/mol. The topological polar surface area (TPSA) is 12.0 Å². The molecular formula is C15H21NS. The number of benzene rings is 1. The summed E-state index contributed by atoms with van der Waals surface area (Å²) in [7, 11) is 0. The molecule has 1 aliphatic carbocycles. The van der Waals surface area contributed by atoms with Crippen LogP contribution in [0.2, 0.25) is 0 Å². The van der Waals surface area contributed by atoms with Gasteiger partial charge in [-0.25, -0.2) is 0 Å². The van der Waals surface area contributed by atoms with Crippen LogP contribution in [0, 0.1) is 0 Å². The van der Waals surface area contributed by atoms with Crippen molar-refractivity contribution in [2.45, 2.75) is 54.7 Å². The number of thioether (sulfide) groups is 1. The van der Waals surface area contributed by atoms with Crippen molar-refractivity contribution in [1.82, 2.24) is 5.32 Å². The van der Waals surface area contributed by atoms with E-state index in [2.05, 4.69) is 48.3 Å². The third kappa shape index (κ3) is 2.25. The Hall–Kier alpha value is -0.470. The van der Waals surface area contributed by atoms with Gasteiger partial charge in [0.15, 0.2) is 0 Å². The van der Waals surface area contributed by atoms with Gasteiger partial charge in [0.1, 0.15) is 0 Å². The van der Waals surface area contributed by atoms with Crippen molar-refractivity contribution in [2.24, 2.45) is 0 Å². The van der Waals surface area contributed by atoms with E-state index in [4.69, 9.17) is 0 Å². The first-order chi connectivity index (χ1) is 8.31.